The molecule has 4 nitrogen and oxygen atoms in total. The van der Waals surface area contributed by atoms with Gasteiger partial charge in [0.2, 0.25) is 0 Å². The molecule has 0 aliphatic heterocycles. The van der Waals surface area contributed by atoms with Crippen LogP contribution in [0.1, 0.15) is 0 Å². The topological polar surface area (TPSA) is 52.7 Å². The van der Waals surface area contributed by atoms with Crippen LogP contribution in [0.2, 0.25) is 0 Å². The quantitative estimate of drug-likeness (QED) is 0.480. The van der Waals surface area contributed by atoms with Crippen molar-refractivity contribution in [3.05, 3.63) is 24.9 Å². The van der Waals surface area contributed by atoms with E-state index in [2.05, 4.69) is 27.4 Å². The molecule has 0 amide bonds. The first kappa shape index (κ1) is 8.73. The predicted molar refractivity (Wildman–Crippen MR) is 53.0 cm³/mol. The Morgan fingerprint density at radius 2 is 2.67 bits per heavy atom. The number of hydrogen-bond donors (Lipinski definition) is 3. The van der Waals surface area contributed by atoms with Crippen molar-refractivity contribution in [1.29, 1.82) is 0 Å². The maximum Gasteiger partial charge on any atom is 0.172 e. The Morgan fingerprint density at radius 3 is 3.25 bits per heavy atom. The highest BCUT2D eigenvalue weighted by Crippen LogP contribution is 1.96. The molecule has 0 aliphatic carbocycles. The number of H-pyrrole nitrogens is 1. The van der Waals surface area contributed by atoms with Crippen LogP contribution in [0.15, 0.2) is 24.9 Å². The molecule has 5 heteroatoms. The van der Waals surface area contributed by atoms with Crippen LogP contribution in [-0.4, -0.2) is 21.9 Å². The first-order valence-electron chi connectivity index (χ1n) is 3.48. The Kier molecular flexibility index (Phi) is 3.28. The van der Waals surface area contributed by atoms with Crippen LogP contribution in [-0.2, 0) is 0 Å². The number of hydrogen-bond acceptors (Lipinski definition) is 2. The van der Waals surface area contributed by atoms with E-state index in [1.54, 1.807) is 18.3 Å². The summed E-state index contributed by atoms with van der Waals surface area (Å²) in [6.07, 6.45) is 3.39. The molecule has 0 aromatic carbocycles. The SMILES string of the molecule is C=CCNC(=S)Nc1ccn[nH]1. The molecule has 0 aliphatic rings. The van der Waals surface area contributed by atoms with Crippen LogP contribution in [0.5, 0.6) is 0 Å². The van der Waals surface area contributed by atoms with E-state index in [1.165, 1.54) is 0 Å². The fourth-order valence-corrected chi connectivity index (χ4v) is 0.850. The molecule has 0 radical (unpaired) electrons. The van der Waals surface area contributed by atoms with Crippen molar-refractivity contribution in [3.63, 3.8) is 0 Å². The predicted octanol–water partition coefficient (Wildman–Crippen LogP) is 0.882. The molecule has 64 valence electrons. The number of thiocarbonyl (C=S) groups is 1. The number of aromatic amines is 1. The molecule has 1 rings (SSSR count). The highest BCUT2D eigenvalue weighted by atomic mass is 32.1. The fraction of sp³-hybridized carbons (Fsp3) is 0.143. The highest BCUT2D eigenvalue weighted by Gasteiger charge is 1.94. The van der Waals surface area contributed by atoms with Crippen molar-refractivity contribution in [1.82, 2.24) is 15.5 Å². The molecule has 0 unspecified atom stereocenters. The number of nitrogens with one attached hydrogen (secondary N) is 3. The van der Waals surface area contributed by atoms with Crippen molar-refractivity contribution in [2.75, 3.05) is 11.9 Å². The third kappa shape index (κ3) is 2.71. The standard InChI is InChI=1S/C7H10N4S/c1-2-4-8-7(12)10-6-3-5-9-11-6/h2-3,5H,1,4H2,(H3,8,9,10,11,12). The Bertz CT molecular complexity index is 254. The van der Waals surface area contributed by atoms with E-state index < -0.39 is 0 Å². The lowest BCUT2D eigenvalue weighted by Gasteiger charge is -2.05. The largest absolute Gasteiger partial charge is 0.359 e. The summed E-state index contributed by atoms with van der Waals surface area (Å²) in [5, 5.41) is 12.9. The molecule has 0 bridgehead atoms. The van der Waals surface area contributed by atoms with E-state index in [4.69, 9.17) is 12.2 Å². The number of anilines is 1. The van der Waals surface area contributed by atoms with Crippen LogP contribution in [0.4, 0.5) is 5.82 Å². The normalized spacial score (nSPS) is 9.00. The summed E-state index contributed by atoms with van der Waals surface area (Å²) in [5.41, 5.74) is 0. The molecule has 1 heterocycles. The molecule has 0 spiro atoms. The van der Waals surface area contributed by atoms with Crippen LogP contribution in [0, 0.1) is 0 Å². The van der Waals surface area contributed by atoms with E-state index in [0.717, 1.165) is 5.82 Å². The Labute approximate surface area is 76.1 Å². The van der Waals surface area contributed by atoms with Crippen LogP contribution in [0.25, 0.3) is 0 Å². The van der Waals surface area contributed by atoms with Gasteiger partial charge in [-0.2, -0.15) is 5.10 Å². The molecule has 0 atom stereocenters. The lowest BCUT2D eigenvalue weighted by Crippen LogP contribution is -2.28. The lowest BCUT2D eigenvalue weighted by molar-refractivity contribution is 1.05. The second-order valence-electron chi connectivity index (χ2n) is 2.09. The first-order valence-corrected chi connectivity index (χ1v) is 3.89. The van der Waals surface area contributed by atoms with Gasteiger partial charge in [0.05, 0.1) is 6.20 Å². The van der Waals surface area contributed by atoms with Crippen LogP contribution < -0.4 is 10.6 Å². The minimum Gasteiger partial charge on any atom is -0.359 e. The molecule has 1 aromatic heterocycles. The second-order valence-corrected chi connectivity index (χ2v) is 2.50. The van der Waals surface area contributed by atoms with Gasteiger partial charge < -0.3 is 10.6 Å². The van der Waals surface area contributed by atoms with Gasteiger partial charge in [-0.3, -0.25) is 5.10 Å². The van der Waals surface area contributed by atoms with Gasteiger partial charge >= 0.3 is 0 Å². The van der Waals surface area contributed by atoms with Crippen LogP contribution in [0.3, 0.4) is 0 Å². The van der Waals surface area contributed by atoms with Gasteiger partial charge in [-0.25, -0.2) is 0 Å². The number of aromatic nitrogens is 2. The number of nitrogens with zero attached hydrogens (tertiary/aromatic N) is 1. The average molecular weight is 182 g/mol. The molecule has 3 N–H and O–H groups in total. The van der Waals surface area contributed by atoms with Gasteiger partial charge in [0.25, 0.3) is 0 Å². The van der Waals surface area contributed by atoms with Gasteiger partial charge in [0, 0.05) is 12.6 Å². The van der Waals surface area contributed by atoms with Gasteiger partial charge in [-0.05, 0) is 12.2 Å². The van der Waals surface area contributed by atoms with Crippen LogP contribution >= 0.6 is 12.2 Å². The second kappa shape index (κ2) is 4.50. The maximum absolute atomic E-state index is 4.95. The minimum absolute atomic E-state index is 0.555. The number of rotatable bonds is 3. The zero-order valence-corrected chi connectivity index (χ0v) is 7.32. The summed E-state index contributed by atoms with van der Waals surface area (Å²) in [6.45, 7) is 4.21. The monoisotopic (exact) mass is 182 g/mol. The Morgan fingerprint density at radius 1 is 1.83 bits per heavy atom. The summed E-state index contributed by atoms with van der Waals surface area (Å²) in [5.74, 6) is 0.775. The highest BCUT2D eigenvalue weighted by molar-refractivity contribution is 7.80. The summed E-state index contributed by atoms with van der Waals surface area (Å²) in [6, 6.07) is 1.79. The zero-order valence-electron chi connectivity index (χ0n) is 6.50. The molecular weight excluding hydrogens is 172 g/mol. The van der Waals surface area contributed by atoms with E-state index in [0.29, 0.717) is 11.7 Å². The minimum atomic E-state index is 0.555. The fourth-order valence-electron chi connectivity index (χ4n) is 0.657. The van der Waals surface area contributed by atoms with E-state index in [1.807, 2.05) is 0 Å². The summed E-state index contributed by atoms with van der Waals surface area (Å²) in [4.78, 5) is 0. The average Bonchev–Trinajstić information content (AvgIpc) is 2.53. The van der Waals surface area contributed by atoms with E-state index >= 15 is 0 Å². The van der Waals surface area contributed by atoms with Crippen molar-refractivity contribution in [2.45, 2.75) is 0 Å². The van der Waals surface area contributed by atoms with E-state index in [9.17, 15) is 0 Å². The molecule has 0 fully saturated rings. The molecule has 0 saturated heterocycles. The maximum atomic E-state index is 4.95. The third-order valence-corrected chi connectivity index (χ3v) is 1.40. The van der Waals surface area contributed by atoms with Crippen molar-refractivity contribution in [3.8, 4) is 0 Å². The Hall–Kier alpha value is -1.36. The first-order chi connectivity index (χ1) is 5.83. The molecule has 12 heavy (non-hydrogen) atoms. The molecule has 0 saturated carbocycles. The van der Waals surface area contributed by atoms with Gasteiger partial charge in [-0.15, -0.1) is 6.58 Å². The summed E-state index contributed by atoms with van der Waals surface area (Å²) < 4.78 is 0. The summed E-state index contributed by atoms with van der Waals surface area (Å²) >= 11 is 4.95. The smallest absolute Gasteiger partial charge is 0.172 e. The van der Waals surface area contributed by atoms with Crippen molar-refractivity contribution in [2.24, 2.45) is 0 Å². The van der Waals surface area contributed by atoms with Crippen molar-refractivity contribution < 1.29 is 0 Å². The zero-order chi connectivity index (χ0) is 8.81. The lowest BCUT2D eigenvalue weighted by atomic mass is 10.6. The van der Waals surface area contributed by atoms with Gasteiger partial charge in [0.1, 0.15) is 5.82 Å². The molecule has 1 aromatic rings. The third-order valence-electron chi connectivity index (χ3n) is 1.16. The van der Waals surface area contributed by atoms with Gasteiger partial charge in [0.15, 0.2) is 5.11 Å². The Balaban J connectivity index is 2.32. The van der Waals surface area contributed by atoms with Crippen molar-refractivity contribution >= 4 is 23.1 Å². The van der Waals surface area contributed by atoms with Gasteiger partial charge in [-0.1, -0.05) is 6.08 Å². The van der Waals surface area contributed by atoms with E-state index in [-0.39, 0.29) is 0 Å². The molecular formula is C7H10N4S. The summed E-state index contributed by atoms with van der Waals surface area (Å²) in [7, 11) is 0.